The van der Waals surface area contributed by atoms with Crippen LogP contribution in [0, 0.1) is 5.92 Å². The second-order valence-corrected chi connectivity index (χ2v) is 6.80. The molecule has 1 aromatic heterocycles. The number of benzene rings is 1. The minimum Gasteiger partial charge on any atom is -0.326 e. The van der Waals surface area contributed by atoms with Gasteiger partial charge in [0.15, 0.2) is 0 Å². The number of aromatic nitrogens is 1. The molecule has 4 rings (SSSR count). The van der Waals surface area contributed by atoms with E-state index < -0.39 is 0 Å². The minimum absolute atomic E-state index is 0.0939. The average molecular weight is 323 g/mol. The van der Waals surface area contributed by atoms with Crippen molar-refractivity contribution >= 4 is 11.6 Å². The zero-order chi connectivity index (χ0) is 16.7. The number of rotatable bonds is 2. The number of fused-ring (bicyclic) bond motifs is 4. The van der Waals surface area contributed by atoms with Crippen molar-refractivity contribution in [2.24, 2.45) is 5.92 Å². The molecule has 2 atom stereocenters. The third-order valence-corrected chi connectivity index (χ3v) is 5.02. The van der Waals surface area contributed by atoms with Crippen molar-refractivity contribution in [2.75, 3.05) is 18.4 Å². The van der Waals surface area contributed by atoms with Crippen LogP contribution in [0.25, 0.3) is 11.1 Å². The van der Waals surface area contributed by atoms with Gasteiger partial charge in [-0.25, -0.2) is 0 Å². The summed E-state index contributed by atoms with van der Waals surface area (Å²) >= 11 is 0. The molecule has 124 valence electrons. The van der Waals surface area contributed by atoms with Gasteiger partial charge in [-0.2, -0.15) is 0 Å². The van der Waals surface area contributed by atoms with Crippen LogP contribution in [0.15, 0.2) is 41.2 Å². The van der Waals surface area contributed by atoms with Crippen molar-refractivity contribution in [2.45, 2.75) is 25.8 Å². The number of amides is 1. The Kier molecular flexibility index (Phi) is 3.73. The lowest BCUT2D eigenvalue weighted by Crippen LogP contribution is -2.45. The SMILES string of the molecule is CC(=O)Nc1ccc(-c2ccc3n(c2=O)CC2CNCC3C2)cc1. The number of anilines is 1. The smallest absolute Gasteiger partial charge is 0.258 e. The molecule has 5 nitrogen and oxygen atoms in total. The molecule has 2 N–H and O–H groups in total. The van der Waals surface area contributed by atoms with Crippen LogP contribution in [0.3, 0.4) is 0 Å². The Morgan fingerprint density at radius 3 is 2.71 bits per heavy atom. The van der Waals surface area contributed by atoms with E-state index in [1.165, 1.54) is 13.3 Å². The van der Waals surface area contributed by atoms with E-state index in [9.17, 15) is 9.59 Å². The molecule has 0 saturated carbocycles. The van der Waals surface area contributed by atoms with Gasteiger partial charge in [-0.3, -0.25) is 9.59 Å². The van der Waals surface area contributed by atoms with Crippen molar-refractivity contribution in [3.63, 3.8) is 0 Å². The maximum atomic E-state index is 13.0. The van der Waals surface area contributed by atoms with Crippen LogP contribution in [0.5, 0.6) is 0 Å². The molecule has 2 bridgehead atoms. The van der Waals surface area contributed by atoms with Gasteiger partial charge < -0.3 is 15.2 Å². The maximum Gasteiger partial charge on any atom is 0.258 e. The summed E-state index contributed by atoms with van der Waals surface area (Å²) in [6.45, 7) is 4.24. The molecule has 2 aliphatic heterocycles. The molecule has 24 heavy (non-hydrogen) atoms. The molecule has 1 fully saturated rings. The first-order valence-electron chi connectivity index (χ1n) is 8.44. The molecule has 2 aliphatic rings. The molecule has 3 heterocycles. The number of nitrogens with one attached hydrogen (secondary N) is 2. The van der Waals surface area contributed by atoms with Crippen LogP contribution >= 0.6 is 0 Å². The number of carbonyl (C=O) groups is 1. The van der Waals surface area contributed by atoms with Gasteiger partial charge >= 0.3 is 0 Å². The molecule has 0 radical (unpaired) electrons. The largest absolute Gasteiger partial charge is 0.326 e. The van der Waals surface area contributed by atoms with Crippen molar-refractivity contribution in [1.82, 2.24) is 9.88 Å². The highest BCUT2D eigenvalue weighted by Crippen LogP contribution is 2.32. The van der Waals surface area contributed by atoms with Gasteiger partial charge in [0.25, 0.3) is 5.56 Å². The lowest BCUT2D eigenvalue weighted by molar-refractivity contribution is -0.114. The first kappa shape index (κ1) is 15.1. The van der Waals surface area contributed by atoms with Gasteiger partial charge in [0, 0.05) is 42.9 Å². The number of piperidine rings is 1. The third kappa shape index (κ3) is 2.65. The van der Waals surface area contributed by atoms with E-state index in [2.05, 4.69) is 16.7 Å². The fraction of sp³-hybridized carbons (Fsp3) is 0.368. The molecule has 5 heteroatoms. The van der Waals surface area contributed by atoms with Gasteiger partial charge in [0.1, 0.15) is 0 Å². The fourth-order valence-electron chi connectivity index (χ4n) is 3.95. The summed E-state index contributed by atoms with van der Waals surface area (Å²) < 4.78 is 1.97. The summed E-state index contributed by atoms with van der Waals surface area (Å²) in [4.78, 5) is 24.1. The Labute approximate surface area is 140 Å². The fourth-order valence-corrected chi connectivity index (χ4v) is 3.95. The summed E-state index contributed by atoms with van der Waals surface area (Å²) in [5.74, 6) is 0.893. The highest BCUT2D eigenvalue weighted by molar-refractivity contribution is 5.88. The Balaban J connectivity index is 1.71. The monoisotopic (exact) mass is 323 g/mol. The number of carbonyl (C=O) groups excluding carboxylic acids is 1. The van der Waals surface area contributed by atoms with E-state index in [-0.39, 0.29) is 11.5 Å². The summed E-state index contributed by atoms with van der Waals surface area (Å²) in [6.07, 6.45) is 1.18. The van der Waals surface area contributed by atoms with Gasteiger partial charge in [-0.1, -0.05) is 12.1 Å². The number of nitrogens with zero attached hydrogens (tertiary/aromatic N) is 1. The molecule has 0 spiro atoms. The molecule has 2 aromatic rings. The van der Waals surface area contributed by atoms with E-state index in [0.717, 1.165) is 42.1 Å². The third-order valence-electron chi connectivity index (χ3n) is 5.02. The number of hydrogen-bond donors (Lipinski definition) is 2. The van der Waals surface area contributed by atoms with Crippen molar-refractivity contribution in [3.05, 3.63) is 52.4 Å². The standard InChI is InChI=1S/C19H21N3O2/c1-12(23)21-16-4-2-14(3-5-16)17-6-7-18-15-8-13(9-20-10-15)11-22(18)19(17)24/h2-7,13,15,20H,8-11H2,1H3,(H,21,23). The van der Waals surface area contributed by atoms with Gasteiger partial charge in [-0.05, 0) is 48.7 Å². The van der Waals surface area contributed by atoms with Crippen LogP contribution in [-0.2, 0) is 11.3 Å². The van der Waals surface area contributed by atoms with Crippen molar-refractivity contribution < 1.29 is 4.79 Å². The highest BCUT2D eigenvalue weighted by atomic mass is 16.1. The zero-order valence-electron chi connectivity index (χ0n) is 13.7. The van der Waals surface area contributed by atoms with Gasteiger partial charge in [0.2, 0.25) is 5.91 Å². The molecular formula is C19H21N3O2. The van der Waals surface area contributed by atoms with Crippen LogP contribution in [-0.4, -0.2) is 23.6 Å². The summed E-state index contributed by atoms with van der Waals surface area (Å²) in [7, 11) is 0. The van der Waals surface area contributed by atoms with Crippen molar-refractivity contribution in [1.29, 1.82) is 0 Å². The van der Waals surface area contributed by atoms with Gasteiger partial charge in [0.05, 0.1) is 0 Å². The predicted molar refractivity (Wildman–Crippen MR) is 94.2 cm³/mol. The minimum atomic E-state index is -0.100. The summed E-state index contributed by atoms with van der Waals surface area (Å²) in [5.41, 5.74) is 3.60. The molecule has 0 aliphatic carbocycles. The van der Waals surface area contributed by atoms with Crippen LogP contribution < -0.4 is 16.2 Å². The quantitative estimate of drug-likeness (QED) is 0.890. The normalized spacial score (nSPS) is 21.9. The lowest BCUT2D eigenvalue weighted by atomic mass is 9.84. The lowest BCUT2D eigenvalue weighted by Gasteiger charge is -2.37. The Bertz CT molecular complexity index is 839. The number of pyridine rings is 1. The first-order valence-corrected chi connectivity index (χ1v) is 8.44. The molecule has 2 unspecified atom stereocenters. The summed E-state index contributed by atoms with van der Waals surface area (Å²) in [5, 5.41) is 6.21. The Morgan fingerprint density at radius 1 is 1.17 bits per heavy atom. The number of hydrogen-bond acceptors (Lipinski definition) is 3. The van der Waals surface area contributed by atoms with Crippen LogP contribution in [0.1, 0.15) is 25.0 Å². The molecular weight excluding hydrogens is 302 g/mol. The van der Waals surface area contributed by atoms with E-state index in [4.69, 9.17) is 0 Å². The van der Waals surface area contributed by atoms with E-state index in [0.29, 0.717) is 11.8 Å². The second kappa shape index (κ2) is 5.91. The predicted octanol–water partition coefficient (Wildman–Crippen LogP) is 2.18. The van der Waals surface area contributed by atoms with Crippen molar-refractivity contribution in [3.8, 4) is 11.1 Å². The Hall–Kier alpha value is -2.40. The molecule has 1 saturated heterocycles. The van der Waals surface area contributed by atoms with Crippen LogP contribution in [0.2, 0.25) is 0 Å². The van der Waals surface area contributed by atoms with Crippen LogP contribution in [0.4, 0.5) is 5.69 Å². The zero-order valence-corrected chi connectivity index (χ0v) is 13.7. The van der Waals surface area contributed by atoms with E-state index in [1.807, 2.05) is 34.9 Å². The summed E-state index contributed by atoms with van der Waals surface area (Å²) in [6, 6.07) is 11.5. The maximum absolute atomic E-state index is 13.0. The topological polar surface area (TPSA) is 63.1 Å². The van der Waals surface area contributed by atoms with E-state index >= 15 is 0 Å². The Morgan fingerprint density at radius 2 is 1.96 bits per heavy atom. The molecule has 1 aromatic carbocycles. The molecule has 1 amide bonds. The average Bonchev–Trinajstić information content (AvgIpc) is 2.57. The second-order valence-electron chi connectivity index (χ2n) is 6.80. The van der Waals surface area contributed by atoms with Gasteiger partial charge in [-0.15, -0.1) is 0 Å². The highest BCUT2D eigenvalue weighted by Gasteiger charge is 2.31. The van der Waals surface area contributed by atoms with E-state index in [1.54, 1.807) is 0 Å². The first-order chi connectivity index (χ1) is 11.6.